The number of nitrogens with zero attached hydrogens (tertiary/aromatic N) is 4. The fourth-order valence-electron chi connectivity index (χ4n) is 2.36. The smallest absolute Gasteiger partial charge is 0.350 e. The number of hydrogen-bond donors (Lipinski definition) is 0. The van der Waals surface area contributed by atoms with Crippen LogP contribution < -0.4 is 0 Å². The molecule has 0 radical (unpaired) electrons. The molecule has 0 atom stereocenters. The molecule has 0 aliphatic rings. The molecule has 0 saturated heterocycles. The number of thiazole rings is 1. The maximum atomic E-state index is 12.2. The van der Waals surface area contributed by atoms with Crippen LogP contribution in [0.5, 0.6) is 0 Å². The molecular formula is C17H18N4O4S. The van der Waals surface area contributed by atoms with Gasteiger partial charge in [0, 0.05) is 0 Å². The third kappa shape index (κ3) is 3.72. The van der Waals surface area contributed by atoms with E-state index in [0.717, 1.165) is 27.9 Å². The van der Waals surface area contributed by atoms with Gasteiger partial charge in [-0.15, -0.1) is 15.0 Å². The summed E-state index contributed by atoms with van der Waals surface area (Å²) in [5.74, 6) is -0.979. The van der Waals surface area contributed by atoms with Crippen molar-refractivity contribution in [3.05, 3.63) is 34.3 Å². The van der Waals surface area contributed by atoms with Gasteiger partial charge in [0.15, 0.2) is 0 Å². The Morgan fingerprint density at radius 2 is 1.85 bits per heavy atom. The highest BCUT2D eigenvalue weighted by Gasteiger charge is 2.23. The van der Waals surface area contributed by atoms with E-state index in [1.165, 1.54) is 4.80 Å². The molecule has 0 saturated carbocycles. The Morgan fingerprint density at radius 3 is 2.58 bits per heavy atom. The molecule has 0 aliphatic carbocycles. The lowest BCUT2D eigenvalue weighted by atomic mass is 10.2. The lowest BCUT2D eigenvalue weighted by Crippen LogP contribution is -2.12. The van der Waals surface area contributed by atoms with E-state index in [4.69, 9.17) is 9.47 Å². The van der Waals surface area contributed by atoms with Crippen molar-refractivity contribution in [1.82, 2.24) is 20.0 Å². The van der Waals surface area contributed by atoms with Crippen molar-refractivity contribution in [1.29, 1.82) is 0 Å². The molecular weight excluding hydrogens is 356 g/mol. The van der Waals surface area contributed by atoms with Gasteiger partial charge in [0.05, 0.1) is 25.3 Å². The van der Waals surface area contributed by atoms with E-state index in [0.29, 0.717) is 10.8 Å². The van der Waals surface area contributed by atoms with Crippen LogP contribution >= 0.6 is 11.3 Å². The molecule has 0 aliphatic heterocycles. The third-order valence-corrected chi connectivity index (χ3v) is 4.51. The zero-order valence-electron chi connectivity index (χ0n) is 14.7. The SMILES string of the molecule is CCOC(=O)Cc1nc(-n2nc3ccc(C)cc3n2)sc1C(=O)OCC. The van der Waals surface area contributed by atoms with E-state index in [-0.39, 0.29) is 24.5 Å². The highest BCUT2D eigenvalue weighted by Crippen LogP contribution is 2.24. The summed E-state index contributed by atoms with van der Waals surface area (Å²) in [6.07, 6.45) is -0.113. The Morgan fingerprint density at radius 1 is 1.12 bits per heavy atom. The molecule has 136 valence electrons. The number of fused-ring (bicyclic) bond motifs is 1. The van der Waals surface area contributed by atoms with Crippen LogP contribution in [-0.2, 0) is 20.7 Å². The van der Waals surface area contributed by atoms with Crippen LogP contribution in [0.25, 0.3) is 16.2 Å². The zero-order chi connectivity index (χ0) is 18.7. The first-order valence-electron chi connectivity index (χ1n) is 8.18. The first kappa shape index (κ1) is 18.0. The van der Waals surface area contributed by atoms with Gasteiger partial charge in [0.1, 0.15) is 15.9 Å². The fourth-order valence-corrected chi connectivity index (χ4v) is 3.24. The molecule has 0 N–H and O–H groups in total. The van der Waals surface area contributed by atoms with Crippen molar-refractivity contribution in [2.24, 2.45) is 0 Å². The molecule has 1 aromatic carbocycles. The highest BCUT2D eigenvalue weighted by atomic mass is 32.1. The quantitative estimate of drug-likeness (QED) is 0.612. The minimum atomic E-state index is -0.525. The van der Waals surface area contributed by atoms with Gasteiger partial charge in [-0.3, -0.25) is 4.79 Å². The summed E-state index contributed by atoms with van der Waals surface area (Å²) in [5.41, 5.74) is 2.82. The number of ether oxygens (including phenoxy) is 2. The zero-order valence-corrected chi connectivity index (χ0v) is 15.5. The molecule has 26 heavy (non-hydrogen) atoms. The largest absolute Gasteiger partial charge is 0.466 e. The predicted molar refractivity (Wildman–Crippen MR) is 95.6 cm³/mol. The number of aryl methyl sites for hydroxylation is 1. The van der Waals surface area contributed by atoms with Gasteiger partial charge in [-0.2, -0.15) is 0 Å². The van der Waals surface area contributed by atoms with Gasteiger partial charge in [-0.1, -0.05) is 17.4 Å². The molecule has 2 aromatic heterocycles. The monoisotopic (exact) mass is 374 g/mol. The Hall–Kier alpha value is -2.81. The number of hydrogen-bond acceptors (Lipinski definition) is 8. The number of esters is 2. The maximum Gasteiger partial charge on any atom is 0.350 e. The van der Waals surface area contributed by atoms with Gasteiger partial charge in [0.2, 0.25) is 5.13 Å². The van der Waals surface area contributed by atoms with Crippen molar-refractivity contribution in [3.8, 4) is 5.13 Å². The average Bonchev–Trinajstić information content (AvgIpc) is 3.18. The Kier molecular flexibility index (Phi) is 5.27. The summed E-state index contributed by atoms with van der Waals surface area (Å²) in [5, 5.41) is 9.18. The molecule has 0 amide bonds. The molecule has 8 nitrogen and oxygen atoms in total. The molecule has 0 bridgehead atoms. The molecule has 2 heterocycles. The second-order valence-electron chi connectivity index (χ2n) is 5.46. The third-order valence-electron chi connectivity index (χ3n) is 3.47. The van der Waals surface area contributed by atoms with E-state index in [1.807, 2.05) is 25.1 Å². The molecule has 9 heteroatoms. The summed E-state index contributed by atoms with van der Waals surface area (Å²) in [6.45, 7) is 5.90. The van der Waals surface area contributed by atoms with Gasteiger partial charge in [-0.05, 0) is 38.5 Å². The second-order valence-corrected chi connectivity index (χ2v) is 6.43. The second kappa shape index (κ2) is 7.61. The molecule has 0 fully saturated rings. The lowest BCUT2D eigenvalue weighted by molar-refractivity contribution is -0.142. The Bertz CT molecular complexity index is 963. The molecule has 3 rings (SSSR count). The van der Waals surface area contributed by atoms with Crippen LogP contribution in [0.4, 0.5) is 0 Å². The predicted octanol–water partition coefficient (Wildman–Crippen LogP) is 2.47. The summed E-state index contributed by atoms with van der Waals surface area (Å²) in [4.78, 5) is 30.0. The van der Waals surface area contributed by atoms with Crippen LogP contribution in [-0.4, -0.2) is 45.1 Å². The van der Waals surface area contributed by atoms with Crippen LogP contribution in [0.2, 0.25) is 0 Å². The van der Waals surface area contributed by atoms with Crippen molar-refractivity contribution >= 4 is 34.3 Å². The first-order chi connectivity index (χ1) is 12.5. The normalized spacial score (nSPS) is 10.9. The van der Waals surface area contributed by atoms with E-state index >= 15 is 0 Å². The first-order valence-corrected chi connectivity index (χ1v) is 9.00. The van der Waals surface area contributed by atoms with Crippen LogP contribution in [0, 0.1) is 6.92 Å². The molecule has 0 spiro atoms. The average molecular weight is 374 g/mol. The van der Waals surface area contributed by atoms with Crippen LogP contribution in [0.3, 0.4) is 0 Å². The van der Waals surface area contributed by atoms with Crippen LogP contribution in [0.1, 0.15) is 34.8 Å². The summed E-state index contributed by atoms with van der Waals surface area (Å²) < 4.78 is 10.0. The molecule has 0 unspecified atom stereocenters. The van der Waals surface area contributed by atoms with E-state index in [9.17, 15) is 9.59 Å². The van der Waals surface area contributed by atoms with Gasteiger partial charge in [0.25, 0.3) is 0 Å². The fraction of sp³-hybridized carbons (Fsp3) is 0.353. The summed E-state index contributed by atoms with van der Waals surface area (Å²) in [6, 6.07) is 5.73. The maximum absolute atomic E-state index is 12.2. The molecule has 3 aromatic rings. The summed E-state index contributed by atoms with van der Waals surface area (Å²) >= 11 is 1.08. The van der Waals surface area contributed by atoms with Crippen molar-refractivity contribution in [2.45, 2.75) is 27.2 Å². The van der Waals surface area contributed by atoms with E-state index in [1.54, 1.807) is 13.8 Å². The van der Waals surface area contributed by atoms with Crippen molar-refractivity contribution < 1.29 is 19.1 Å². The Balaban J connectivity index is 2.00. The number of carbonyl (C=O) groups is 2. The highest BCUT2D eigenvalue weighted by molar-refractivity contribution is 7.16. The number of benzene rings is 1. The summed E-state index contributed by atoms with van der Waals surface area (Å²) in [7, 11) is 0. The van der Waals surface area contributed by atoms with Gasteiger partial charge >= 0.3 is 11.9 Å². The number of carbonyl (C=O) groups excluding carboxylic acids is 2. The lowest BCUT2D eigenvalue weighted by Gasteiger charge is -2.02. The number of rotatable bonds is 6. The minimum absolute atomic E-state index is 0.113. The Labute approximate surface area is 153 Å². The van der Waals surface area contributed by atoms with E-state index in [2.05, 4.69) is 15.2 Å². The van der Waals surface area contributed by atoms with Crippen LogP contribution in [0.15, 0.2) is 18.2 Å². The van der Waals surface area contributed by atoms with E-state index < -0.39 is 11.9 Å². The van der Waals surface area contributed by atoms with Gasteiger partial charge in [-0.25, -0.2) is 9.78 Å². The number of aromatic nitrogens is 4. The van der Waals surface area contributed by atoms with Crippen molar-refractivity contribution in [2.75, 3.05) is 13.2 Å². The topological polar surface area (TPSA) is 96.2 Å². The van der Waals surface area contributed by atoms with Gasteiger partial charge < -0.3 is 9.47 Å². The minimum Gasteiger partial charge on any atom is -0.466 e. The van der Waals surface area contributed by atoms with Crippen molar-refractivity contribution in [3.63, 3.8) is 0 Å². The standard InChI is InChI=1S/C17H18N4O4S/c1-4-24-14(22)9-13-15(16(23)25-5-2)26-17(18-13)21-19-11-7-6-10(3)8-12(11)20-21/h6-8H,4-5,9H2,1-3H3.